The number of hydrogen-bond donors (Lipinski definition) is 3. The molecule has 1 aliphatic heterocycles. The summed E-state index contributed by atoms with van der Waals surface area (Å²) in [7, 11) is 0. The Hall–Kier alpha value is -1.59. The van der Waals surface area contributed by atoms with Gasteiger partial charge in [0.2, 0.25) is 5.91 Å². The van der Waals surface area contributed by atoms with Crippen molar-refractivity contribution in [3.63, 3.8) is 0 Å². The van der Waals surface area contributed by atoms with E-state index in [2.05, 4.69) is 10.2 Å². The standard InChI is InChI=1S/C16H25N3O2/c1-12-14(17)6-4-7-15(12)18-16(21)11-19-9-3-2-5-13(19)8-10-20/h4,6-7,13,20H,2-3,5,8-11,17H2,1H3,(H,18,21). The Kier molecular flexibility index (Phi) is 5.59. The zero-order valence-electron chi connectivity index (χ0n) is 12.6. The lowest BCUT2D eigenvalue weighted by molar-refractivity contribution is -0.118. The third-order valence-corrected chi connectivity index (χ3v) is 4.21. The summed E-state index contributed by atoms with van der Waals surface area (Å²) in [6, 6.07) is 5.85. The van der Waals surface area contributed by atoms with Crippen LogP contribution < -0.4 is 11.1 Å². The number of nitrogens with two attached hydrogens (primary N) is 1. The number of anilines is 2. The Morgan fingerprint density at radius 1 is 1.48 bits per heavy atom. The molecule has 0 saturated carbocycles. The van der Waals surface area contributed by atoms with E-state index >= 15 is 0 Å². The van der Waals surface area contributed by atoms with E-state index in [4.69, 9.17) is 10.8 Å². The van der Waals surface area contributed by atoms with Gasteiger partial charge in [-0.3, -0.25) is 9.69 Å². The smallest absolute Gasteiger partial charge is 0.238 e. The molecule has 116 valence electrons. The second-order valence-electron chi connectivity index (χ2n) is 5.70. The Labute approximate surface area is 126 Å². The molecule has 0 bridgehead atoms. The van der Waals surface area contributed by atoms with Gasteiger partial charge in [-0.2, -0.15) is 0 Å². The predicted octanol–water partition coefficient (Wildman–Crippen LogP) is 1.75. The highest BCUT2D eigenvalue weighted by molar-refractivity contribution is 5.93. The monoisotopic (exact) mass is 291 g/mol. The fraction of sp³-hybridized carbons (Fsp3) is 0.562. The number of aliphatic hydroxyl groups is 1. The van der Waals surface area contributed by atoms with Crippen molar-refractivity contribution in [2.24, 2.45) is 0 Å². The predicted molar refractivity (Wildman–Crippen MR) is 85.1 cm³/mol. The number of nitrogen functional groups attached to an aromatic ring is 1. The van der Waals surface area contributed by atoms with Crippen LogP contribution in [0.4, 0.5) is 11.4 Å². The first-order chi connectivity index (χ1) is 10.1. The Balaban J connectivity index is 1.95. The number of amides is 1. The van der Waals surface area contributed by atoms with E-state index in [0.717, 1.165) is 37.1 Å². The molecule has 1 fully saturated rings. The number of piperidine rings is 1. The number of carbonyl (C=O) groups excluding carboxylic acids is 1. The van der Waals surface area contributed by atoms with E-state index in [1.54, 1.807) is 0 Å². The number of benzene rings is 1. The molecule has 21 heavy (non-hydrogen) atoms. The Morgan fingerprint density at radius 2 is 2.29 bits per heavy atom. The molecular formula is C16H25N3O2. The Bertz CT molecular complexity index is 488. The molecule has 5 heteroatoms. The fourth-order valence-electron chi connectivity index (χ4n) is 2.91. The summed E-state index contributed by atoms with van der Waals surface area (Å²) in [4.78, 5) is 14.4. The van der Waals surface area contributed by atoms with Crippen LogP contribution in [0.25, 0.3) is 0 Å². The molecule has 1 unspecified atom stereocenters. The van der Waals surface area contributed by atoms with Crippen molar-refractivity contribution in [3.05, 3.63) is 23.8 Å². The van der Waals surface area contributed by atoms with Crippen LogP contribution in [-0.4, -0.2) is 41.7 Å². The van der Waals surface area contributed by atoms with Gasteiger partial charge in [-0.05, 0) is 50.4 Å². The molecule has 1 aliphatic rings. The van der Waals surface area contributed by atoms with Crippen molar-refractivity contribution >= 4 is 17.3 Å². The molecule has 2 rings (SSSR count). The van der Waals surface area contributed by atoms with Crippen molar-refractivity contribution < 1.29 is 9.90 Å². The number of likely N-dealkylation sites (tertiary alicyclic amines) is 1. The van der Waals surface area contributed by atoms with Crippen LogP contribution in [0.3, 0.4) is 0 Å². The van der Waals surface area contributed by atoms with Crippen molar-refractivity contribution in [3.8, 4) is 0 Å². The highest BCUT2D eigenvalue weighted by Crippen LogP contribution is 2.22. The normalized spacial score (nSPS) is 19.4. The van der Waals surface area contributed by atoms with Crippen molar-refractivity contribution in [2.45, 2.75) is 38.6 Å². The van der Waals surface area contributed by atoms with Gasteiger partial charge in [0.1, 0.15) is 0 Å². The first kappa shape index (κ1) is 15.8. The van der Waals surface area contributed by atoms with Crippen molar-refractivity contribution in [2.75, 3.05) is 30.7 Å². The highest BCUT2D eigenvalue weighted by atomic mass is 16.3. The second-order valence-corrected chi connectivity index (χ2v) is 5.70. The average molecular weight is 291 g/mol. The lowest BCUT2D eigenvalue weighted by atomic mass is 9.99. The maximum absolute atomic E-state index is 12.2. The number of rotatable bonds is 5. The van der Waals surface area contributed by atoms with Crippen molar-refractivity contribution in [1.29, 1.82) is 0 Å². The molecular weight excluding hydrogens is 266 g/mol. The van der Waals surface area contributed by atoms with E-state index in [1.165, 1.54) is 6.42 Å². The highest BCUT2D eigenvalue weighted by Gasteiger charge is 2.23. The third kappa shape index (κ3) is 4.19. The van der Waals surface area contributed by atoms with Crippen LogP contribution in [0.1, 0.15) is 31.2 Å². The molecule has 1 amide bonds. The SMILES string of the molecule is Cc1c(N)cccc1NC(=O)CN1CCCCC1CCO. The number of nitrogens with zero attached hydrogens (tertiary/aromatic N) is 1. The van der Waals surface area contributed by atoms with Gasteiger partial charge in [0, 0.05) is 24.0 Å². The number of nitrogens with one attached hydrogen (secondary N) is 1. The lowest BCUT2D eigenvalue weighted by Crippen LogP contribution is -2.44. The average Bonchev–Trinajstić information content (AvgIpc) is 2.46. The Morgan fingerprint density at radius 3 is 3.05 bits per heavy atom. The van der Waals surface area contributed by atoms with Crippen molar-refractivity contribution in [1.82, 2.24) is 4.90 Å². The first-order valence-electron chi connectivity index (χ1n) is 7.61. The van der Waals surface area contributed by atoms with Crippen LogP contribution in [-0.2, 0) is 4.79 Å². The number of aliphatic hydroxyl groups excluding tert-OH is 1. The van der Waals surface area contributed by atoms with Gasteiger partial charge in [0.15, 0.2) is 0 Å². The van der Waals surface area contributed by atoms with Gasteiger partial charge >= 0.3 is 0 Å². The summed E-state index contributed by atoms with van der Waals surface area (Å²) in [5.74, 6) is -0.0199. The van der Waals surface area contributed by atoms with Crippen LogP contribution in [0.2, 0.25) is 0 Å². The van der Waals surface area contributed by atoms with E-state index in [-0.39, 0.29) is 12.5 Å². The largest absolute Gasteiger partial charge is 0.398 e. The van der Waals surface area contributed by atoms with Gasteiger partial charge in [0.25, 0.3) is 0 Å². The molecule has 0 spiro atoms. The van der Waals surface area contributed by atoms with E-state index in [1.807, 2.05) is 25.1 Å². The van der Waals surface area contributed by atoms with Crippen LogP contribution >= 0.6 is 0 Å². The van der Waals surface area contributed by atoms with E-state index in [0.29, 0.717) is 18.3 Å². The second kappa shape index (κ2) is 7.43. The molecule has 0 aromatic heterocycles. The molecule has 1 aromatic rings. The van der Waals surface area contributed by atoms with E-state index in [9.17, 15) is 4.79 Å². The van der Waals surface area contributed by atoms with E-state index < -0.39 is 0 Å². The minimum atomic E-state index is -0.0199. The molecule has 1 atom stereocenters. The molecule has 1 aromatic carbocycles. The maximum atomic E-state index is 12.2. The maximum Gasteiger partial charge on any atom is 0.238 e. The minimum absolute atomic E-state index is 0.0199. The van der Waals surface area contributed by atoms with Gasteiger partial charge in [0.05, 0.1) is 6.54 Å². The van der Waals surface area contributed by atoms with Crippen LogP contribution in [0, 0.1) is 6.92 Å². The summed E-state index contributed by atoms with van der Waals surface area (Å²) >= 11 is 0. The molecule has 1 heterocycles. The molecule has 4 N–H and O–H groups in total. The van der Waals surface area contributed by atoms with Gasteiger partial charge in [-0.1, -0.05) is 12.5 Å². The number of carbonyl (C=O) groups is 1. The quantitative estimate of drug-likeness (QED) is 0.722. The van der Waals surface area contributed by atoms with Crippen LogP contribution in [0.5, 0.6) is 0 Å². The third-order valence-electron chi connectivity index (χ3n) is 4.21. The number of hydrogen-bond acceptors (Lipinski definition) is 4. The van der Waals surface area contributed by atoms with Gasteiger partial charge < -0.3 is 16.2 Å². The fourth-order valence-corrected chi connectivity index (χ4v) is 2.91. The molecule has 0 aliphatic carbocycles. The molecule has 1 saturated heterocycles. The summed E-state index contributed by atoms with van der Waals surface area (Å²) in [6.07, 6.45) is 4.10. The summed E-state index contributed by atoms with van der Waals surface area (Å²) < 4.78 is 0. The minimum Gasteiger partial charge on any atom is -0.398 e. The topological polar surface area (TPSA) is 78.6 Å². The van der Waals surface area contributed by atoms with Crippen LogP contribution in [0.15, 0.2) is 18.2 Å². The van der Waals surface area contributed by atoms with Gasteiger partial charge in [-0.15, -0.1) is 0 Å². The first-order valence-corrected chi connectivity index (χ1v) is 7.61. The summed E-state index contributed by atoms with van der Waals surface area (Å²) in [5, 5.41) is 12.1. The zero-order valence-corrected chi connectivity index (χ0v) is 12.6. The van der Waals surface area contributed by atoms with Gasteiger partial charge in [-0.25, -0.2) is 0 Å². The summed E-state index contributed by atoms with van der Waals surface area (Å²) in [6.45, 7) is 3.38. The molecule has 5 nitrogen and oxygen atoms in total. The summed E-state index contributed by atoms with van der Waals surface area (Å²) in [5.41, 5.74) is 8.21. The lowest BCUT2D eigenvalue weighted by Gasteiger charge is -2.34. The zero-order chi connectivity index (χ0) is 15.2. The molecule has 0 radical (unpaired) electrons.